The van der Waals surface area contributed by atoms with Crippen molar-refractivity contribution in [3.63, 3.8) is 0 Å². The van der Waals surface area contributed by atoms with Gasteiger partial charge in [-0.05, 0) is 31.0 Å². The van der Waals surface area contributed by atoms with Gasteiger partial charge in [0.05, 0.1) is 7.11 Å². The number of allylic oxidation sites excluding steroid dienone is 1. The van der Waals surface area contributed by atoms with Crippen LogP contribution in [0, 0.1) is 0 Å². The summed E-state index contributed by atoms with van der Waals surface area (Å²) in [6.07, 6.45) is 3.42. The van der Waals surface area contributed by atoms with Crippen molar-refractivity contribution in [1.29, 1.82) is 0 Å². The fraction of sp³-hybridized carbons (Fsp3) is 0.333. The minimum absolute atomic E-state index is 0.182. The van der Waals surface area contributed by atoms with Gasteiger partial charge in [0, 0.05) is 11.6 Å². The zero-order chi connectivity index (χ0) is 11.3. The largest absolute Gasteiger partial charge is 0.508 e. The lowest BCUT2D eigenvalue weighted by molar-refractivity contribution is 0.409. The Bertz CT molecular complexity index is 336. The quantitative estimate of drug-likeness (QED) is 0.729. The molecule has 1 atom stereocenters. The predicted molar refractivity (Wildman–Crippen MR) is 61.0 cm³/mol. The Morgan fingerprint density at radius 3 is 2.93 bits per heavy atom. The molecule has 0 fully saturated rings. The summed E-state index contributed by atoms with van der Waals surface area (Å²) in [6.45, 7) is 3.64. The maximum Gasteiger partial charge on any atom is 0.120 e. The third-order valence-corrected chi connectivity index (χ3v) is 2.32. The number of aromatic hydroxyl groups is 1. The summed E-state index contributed by atoms with van der Waals surface area (Å²) in [5.41, 5.74) is 6.66. The number of hydrogen-bond donors (Lipinski definition) is 2. The number of rotatable bonds is 5. The lowest BCUT2D eigenvalue weighted by atomic mass is 10.0. The first kappa shape index (κ1) is 11.6. The molecule has 1 rings (SSSR count). The van der Waals surface area contributed by atoms with Crippen LogP contribution in [0.3, 0.4) is 0 Å². The molecule has 3 nitrogen and oxygen atoms in total. The van der Waals surface area contributed by atoms with Crippen LogP contribution in [-0.4, -0.2) is 12.2 Å². The molecule has 0 heterocycles. The van der Waals surface area contributed by atoms with Crippen LogP contribution in [0.2, 0.25) is 0 Å². The average Bonchev–Trinajstić information content (AvgIpc) is 2.26. The molecule has 0 bridgehead atoms. The molecule has 0 aromatic heterocycles. The maximum absolute atomic E-state index is 9.64. The molecule has 0 aliphatic rings. The van der Waals surface area contributed by atoms with Crippen LogP contribution in [0.1, 0.15) is 24.4 Å². The Kier molecular flexibility index (Phi) is 4.18. The lowest BCUT2D eigenvalue weighted by Gasteiger charge is -2.13. The van der Waals surface area contributed by atoms with Crippen LogP contribution in [0.25, 0.3) is 0 Å². The van der Waals surface area contributed by atoms with E-state index in [2.05, 4.69) is 6.58 Å². The Morgan fingerprint density at radius 2 is 2.33 bits per heavy atom. The number of phenolic OH excluding ortho intramolecular Hbond substituents is 1. The van der Waals surface area contributed by atoms with E-state index in [9.17, 15) is 5.11 Å². The van der Waals surface area contributed by atoms with E-state index in [4.69, 9.17) is 10.5 Å². The van der Waals surface area contributed by atoms with E-state index in [1.165, 1.54) is 0 Å². The molecule has 0 aliphatic carbocycles. The molecule has 0 spiro atoms. The standard InChI is InChI=1S/C12H17NO2/c1-3-4-5-11(13)10-8-9(15-2)6-7-12(10)14/h3,6-8,11,14H,1,4-5,13H2,2H3/t11-/m1/s1. The summed E-state index contributed by atoms with van der Waals surface area (Å²) in [5, 5.41) is 9.64. The monoisotopic (exact) mass is 207 g/mol. The van der Waals surface area contributed by atoms with Gasteiger partial charge in [-0.25, -0.2) is 0 Å². The van der Waals surface area contributed by atoms with Crippen molar-refractivity contribution >= 4 is 0 Å². The number of nitrogens with two attached hydrogens (primary N) is 1. The van der Waals surface area contributed by atoms with E-state index >= 15 is 0 Å². The molecule has 0 unspecified atom stereocenters. The second-order valence-electron chi connectivity index (χ2n) is 3.40. The second-order valence-corrected chi connectivity index (χ2v) is 3.40. The Balaban J connectivity index is 2.85. The molecule has 0 saturated heterocycles. The number of methoxy groups -OCH3 is 1. The SMILES string of the molecule is C=CCC[C@@H](N)c1cc(OC)ccc1O. The molecule has 3 heteroatoms. The van der Waals surface area contributed by atoms with Gasteiger partial charge < -0.3 is 15.6 Å². The Morgan fingerprint density at radius 1 is 1.60 bits per heavy atom. The van der Waals surface area contributed by atoms with Gasteiger partial charge in [-0.2, -0.15) is 0 Å². The lowest BCUT2D eigenvalue weighted by Crippen LogP contribution is -2.10. The van der Waals surface area contributed by atoms with Crippen LogP contribution in [0.5, 0.6) is 11.5 Å². The molecule has 1 aromatic rings. The van der Waals surface area contributed by atoms with Crippen molar-refractivity contribution in [3.8, 4) is 11.5 Å². The first-order valence-corrected chi connectivity index (χ1v) is 4.92. The van der Waals surface area contributed by atoms with E-state index in [-0.39, 0.29) is 11.8 Å². The van der Waals surface area contributed by atoms with Gasteiger partial charge in [0.2, 0.25) is 0 Å². The third-order valence-electron chi connectivity index (χ3n) is 2.32. The van der Waals surface area contributed by atoms with E-state index in [1.807, 2.05) is 6.08 Å². The van der Waals surface area contributed by atoms with Gasteiger partial charge >= 0.3 is 0 Å². The van der Waals surface area contributed by atoms with Crippen molar-refractivity contribution in [2.45, 2.75) is 18.9 Å². The highest BCUT2D eigenvalue weighted by Gasteiger charge is 2.11. The highest BCUT2D eigenvalue weighted by molar-refractivity contribution is 5.41. The van der Waals surface area contributed by atoms with Gasteiger partial charge in [-0.15, -0.1) is 6.58 Å². The molecule has 82 valence electrons. The van der Waals surface area contributed by atoms with Gasteiger partial charge in [-0.3, -0.25) is 0 Å². The zero-order valence-corrected chi connectivity index (χ0v) is 8.94. The summed E-state index contributed by atoms with van der Waals surface area (Å²) in [4.78, 5) is 0. The van der Waals surface area contributed by atoms with Crippen LogP contribution in [-0.2, 0) is 0 Å². The van der Waals surface area contributed by atoms with Crippen LogP contribution < -0.4 is 10.5 Å². The summed E-state index contributed by atoms with van der Waals surface area (Å²) in [7, 11) is 1.59. The highest BCUT2D eigenvalue weighted by atomic mass is 16.5. The number of hydrogen-bond acceptors (Lipinski definition) is 3. The van der Waals surface area contributed by atoms with E-state index in [1.54, 1.807) is 25.3 Å². The maximum atomic E-state index is 9.64. The minimum atomic E-state index is -0.182. The number of ether oxygens (including phenoxy) is 1. The first-order chi connectivity index (χ1) is 7.19. The van der Waals surface area contributed by atoms with Gasteiger partial charge in [0.25, 0.3) is 0 Å². The van der Waals surface area contributed by atoms with Crippen molar-refractivity contribution in [2.75, 3.05) is 7.11 Å². The van der Waals surface area contributed by atoms with E-state index in [0.717, 1.165) is 18.4 Å². The van der Waals surface area contributed by atoms with Crippen LogP contribution in [0.15, 0.2) is 30.9 Å². The van der Waals surface area contributed by atoms with Crippen molar-refractivity contribution < 1.29 is 9.84 Å². The molecule has 0 aliphatic heterocycles. The number of phenols is 1. The topological polar surface area (TPSA) is 55.5 Å². The molecule has 0 radical (unpaired) electrons. The summed E-state index contributed by atoms with van der Waals surface area (Å²) < 4.78 is 5.08. The molecule has 0 saturated carbocycles. The van der Waals surface area contributed by atoms with Gasteiger partial charge in [-0.1, -0.05) is 6.08 Å². The molecule has 15 heavy (non-hydrogen) atoms. The average molecular weight is 207 g/mol. The van der Waals surface area contributed by atoms with Crippen molar-refractivity contribution in [2.24, 2.45) is 5.73 Å². The Labute approximate surface area is 90.2 Å². The van der Waals surface area contributed by atoms with Gasteiger partial charge in [0.1, 0.15) is 11.5 Å². The normalized spacial score (nSPS) is 12.1. The van der Waals surface area contributed by atoms with Crippen LogP contribution in [0.4, 0.5) is 0 Å². The predicted octanol–water partition coefficient (Wildman–Crippen LogP) is 2.37. The molecular weight excluding hydrogens is 190 g/mol. The molecule has 3 N–H and O–H groups in total. The van der Waals surface area contributed by atoms with Crippen molar-refractivity contribution in [3.05, 3.63) is 36.4 Å². The highest BCUT2D eigenvalue weighted by Crippen LogP contribution is 2.29. The molecule has 0 amide bonds. The van der Waals surface area contributed by atoms with E-state index < -0.39 is 0 Å². The van der Waals surface area contributed by atoms with Crippen molar-refractivity contribution in [1.82, 2.24) is 0 Å². The van der Waals surface area contributed by atoms with Crippen LogP contribution >= 0.6 is 0 Å². The molecular formula is C12H17NO2. The fourth-order valence-electron chi connectivity index (χ4n) is 1.41. The van der Waals surface area contributed by atoms with Gasteiger partial charge in [0.15, 0.2) is 0 Å². The molecule has 1 aromatic carbocycles. The minimum Gasteiger partial charge on any atom is -0.508 e. The summed E-state index contributed by atoms with van der Waals surface area (Å²) in [5.74, 6) is 0.921. The smallest absolute Gasteiger partial charge is 0.120 e. The first-order valence-electron chi connectivity index (χ1n) is 4.92. The van der Waals surface area contributed by atoms with E-state index in [0.29, 0.717) is 5.75 Å². The summed E-state index contributed by atoms with van der Waals surface area (Å²) in [6, 6.07) is 4.89. The third kappa shape index (κ3) is 2.99. The Hall–Kier alpha value is -1.48. The second kappa shape index (κ2) is 5.41. The summed E-state index contributed by atoms with van der Waals surface area (Å²) >= 11 is 0. The zero-order valence-electron chi connectivity index (χ0n) is 8.94. The fourth-order valence-corrected chi connectivity index (χ4v) is 1.41. The number of benzene rings is 1.